The fraction of sp³-hybridized carbons (Fsp3) is 0.238. The van der Waals surface area contributed by atoms with Gasteiger partial charge < -0.3 is 9.47 Å². The summed E-state index contributed by atoms with van der Waals surface area (Å²) in [7, 11) is -3.88. The van der Waals surface area contributed by atoms with Crippen molar-refractivity contribution in [3.05, 3.63) is 55.2 Å². The van der Waals surface area contributed by atoms with Crippen LogP contribution in [0, 0.1) is 0 Å². The molecule has 0 bridgehead atoms. The van der Waals surface area contributed by atoms with Crippen LogP contribution in [-0.4, -0.2) is 57.2 Å². The van der Waals surface area contributed by atoms with Crippen molar-refractivity contribution in [2.24, 2.45) is 0 Å². The van der Waals surface area contributed by atoms with Crippen molar-refractivity contribution in [3.8, 4) is 29.0 Å². The molecule has 36 heavy (non-hydrogen) atoms. The highest BCUT2D eigenvalue weighted by Gasteiger charge is 2.58. The van der Waals surface area contributed by atoms with Crippen molar-refractivity contribution < 1.29 is 39.8 Å². The largest absolute Gasteiger partial charge is 0.469 e. The van der Waals surface area contributed by atoms with Crippen LogP contribution in [0.2, 0.25) is 0 Å². The lowest BCUT2D eigenvalue weighted by atomic mass is 10.3. The van der Waals surface area contributed by atoms with Gasteiger partial charge in [-0.2, -0.15) is 22.0 Å². The number of ether oxygens (including phenoxy) is 2. The Hall–Kier alpha value is -3.88. The van der Waals surface area contributed by atoms with Crippen LogP contribution in [0.3, 0.4) is 0 Å². The van der Waals surface area contributed by atoms with Gasteiger partial charge >= 0.3 is 12.1 Å². The summed E-state index contributed by atoms with van der Waals surface area (Å²) in [5, 5.41) is 0. The molecule has 0 amide bonds. The van der Waals surface area contributed by atoms with Gasteiger partial charge in [0.05, 0.1) is 18.1 Å². The van der Waals surface area contributed by atoms with Gasteiger partial charge in [0, 0.05) is 30.7 Å². The standard InChI is InChI=1S/C21H16F5N5O4S/c1-2-36(32,33)15-9-13(35-16-5-3-4-6-27-16)10-29-17(15)18-30-11-14-19(28-7-8-31(14)18)34-12-20(22,23)21(24,25)26/h3-11H,2,12H2,1H3. The molecule has 0 N–H and O–H groups in total. The van der Waals surface area contributed by atoms with Crippen LogP contribution in [0.15, 0.2) is 60.1 Å². The third kappa shape index (κ3) is 4.91. The zero-order valence-corrected chi connectivity index (χ0v) is 19.1. The Morgan fingerprint density at radius 2 is 1.78 bits per heavy atom. The molecule has 190 valence electrons. The monoisotopic (exact) mass is 529 g/mol. The van der Waals surface area contributed by atoms with Crippen molar-refractivity contribution in [1.29, 1.82) is 0 Å². The van der Waals surface area contributed by atoms with Gasteiger partial charge in [-0.15, -0.1) is 0 Å². The Morgan fingerprint density at radius 3 is 2.44 bits per heavy atom. The first kappa shape index (κ1) is 25.2. The van der Waals surface area contributed by atoms with Crippen LogP contribution < -0.4 is 9.47 Å². The first-order valence-corrected chi connectivity index (χ1v) is 11.8. The van der Waals surface area contributed by atoms with Gasteiger partial charge in [-0.3, -0.25) is 4.40 Å². The number of fused-ring (bicyclic) bond motifs is 1. The minimum absolute atomic E-state index is 0.0451. The van der Waals surface area contributed by atoms with E-state index in [1.54, 1.807) is 18.2 Å². The highest BCUT2D eigenvalue weighted by atomic mass is 32.2. The molecule has 4 heterocycles. The van der Waals surface area contributed by atoms with E-state index in [1.807, 2.05) is 0 Å². The maximum absolute atomic E-state index is 13.3. The molecule has 4 aromatic rings. The molecule has 0 atom stereocenters. The number of rotatable bonds is 8. The normalized spacial score (nSPS) is 12.6. The Labute approximate surface area is 200 Å². The van der Waals surface area contributed by atoms with Crippen LogP contribution >= 0.6 is 0 Å². The van der Waals surface area contributed by atoms with Gasteiger partial charge in [0.15, 0.2) is 22.3 Å². The molecule has 9 nitrogen and oxygen atoms in total. The van der Waals surface area contributed by atoms with E-state index < -0.39 is 34.4 Å². The first-order valence-electron chi connectivity index (χ1n) is 10.1. The van der Waals surface area contributed by atoms with Crippen LogP contribution in [0.5, 0.6) is 17.5 Å². The van der Waals surface area contributed by atoms with E-state index in [0.29, 0.717) is 0 Å². The average molecular weight is 529 g/mol. The highest BCUT2D eigenvalue weighted by molar-refractivity contribution is 7.91. The molecule has 15 heteroatoms. The van der Waals surface area contributed by atoms with Gasteiger partial charge in [0.1, 0.15) is 21.9 Å². The number of nitrogens with zero attached hydrogens (tertiary/aromatic N) is 5. The molecule has 0 radical (unpaired) electrons. The summed E-state index contributed by atoms with van der Waals surface area (Å²) in [6.07, 6.45) is 0.375. The molecule has 0 aliphatic carbocycles. The summed E-state index contributed by atoms with van der Waals surface area (Å²) < 4.78 is 101. The van der Waals surface area contributed by atoms with Crippen molar-refractivity contribution in [2.45, 2.75) is 23.9 Å². The molecule has 0 spiro atoms. The highest BCUT2D eigenvalue weighted by Crippen LogP contribution is 2.36. The van der Waals surface area contributed by atoms with Crippen LogP contribution in [-0.2, 0) is 9.84 Å². The van der Waals surface area contributed by atoms with Crippen molar-refractivity contribution in [1.82, 2.24) is 24.3 Å². The summed E-state index contributed by atoms with van der Waals surface area (Å²) >= 11 is 0. The van der Waals surface area contributed by atoms with E-state index in [0.717, 1.165) is 12.4 Å². The molecule has 0 aliphatic rings. The molecule has 0 aliphatic heterocycles. The number of sulfone groups is 1. The molecule has 0 saturated carbocycles. The molecule has 4 aromatic heterocycles. The predicted octanol–water partition coefficient (Wildman–Crippen LogP) is 4.35. The lowest BCUT2D eigenvalue weighted by Crippen LogP contribution is -2.41. The number of pyridine rings is 2. The average Bonchev–Trinajstić information content (AvgIpc) is 3.27. The number of aromatic nitrogens is 5. The van der Waals surface area contributed by atoms with Crippen molar-refractivity contribution >= 4 is 15.4 Å². The Balaban J connectivity index is 1.75. The van der Waals surface area contributed by atoms with Crippen LogP contribution in [0.1, 0.15) is 6.92 Å². The predicted molar refractivity (Wildman–Crippen MR) is 115 cm³/mol. The Kier molecular flexibility index (Phi) is 6.51. The lowest BCUT2D eigenvalue weighted by molar-refractivity contribution is -0.290. The van der Waals surface area contributed by atoms with Gasteiger partial charge in [-0.05, 0) is 6.07 Å². The molecule has 4 rings (SSSR count). The van der Waals surface area contributed by atoms with Crippen LogP contribution in [0.4, 0.5) is 22.0 Å². The lowest BCUT2D eigenvalue weighted by Gasteiger charge is -2.19. The Morgan fingerprint density at radius 1 is 1.00 bits per heavy atom. The molecule has 0 aromatic carbocycles. The smallest absolute Gasteiger partial charge is 0.456 e. The fourth-order valence-electron chi connectivity index (χ4n) is 3.00. The Bertz CT molecular complexity index is 1490. The molecular formula is C21H16F5N5O4S. The second-order valence-electron chi connectivity index (χ2n) is 7.25. The van der Waals surface area contributed by atoms with Gasteiger partial charge in [-0.25, -0.2) is 28.4 Å². The van der Waals surface area contributed by atoms with E-state index in [4.69, 9.17) is 4.74 Å². The fourth-order valence-corrected chi connectivity index (χ4v) is 4.05. The van der Waals surface area contributed by atoms with E-state index >= 15 is 0 Å². The topological polar surface area (TPSA) is 109 Å². The molecule has 0 unspecified atom stereocenters. The van der Waals surface area contributed by atoms with Crippen molar-refractivity contribution in [2.75, 3.05) is 12.4 Å². The number of alkyl halides is 5. The minimum Gasteiger partial charge on any atom is -0.469 e. The van der Waals surface area contributed by atoms with Gasteiger partial charge in [0.25, 0.3) is 0 Å². The van der Waals surface area contributed by atoms with E-state index in [9.17, 15) is 30.4 Å². The van der Waals surface area contributed by atoms with Gasteiger partial charge in [-0.1, -0.05) is 13.0 Å². The first-order chi connectivity index (χ1) is 16.9. The molecule has 0 fully saturated rings. The maximum Gasteiger partial charge on any atom is 0.456 e. The third-order valence-corrected chi connectivity index (χ3v) is 6.58. The minimum atomic E-state index is -5.81. The van der Waals surface area contributed by atoms with Crippen LogP contribution in [0.25, 0.3) is 17.0 Å². The van der Waals surface area contributed by atoms with Crippen molar-refractivity contribution in [3.63, 3.8) is 0 Å². The zero-order chi connectivity index (χ0) is 26.1. The summed E-state index contributed by atoms with van der Waals surface area (Å²) in [6.45, 7) is -0.581. The van der Waals surface area contributed by atoms with Gasteiger partial charge in [0.2, 0.25) is 11.8 Å². The zero-order valence-electron chi connectivity index (χ0n) is 18.3. The summed E-state index contributed by atoms with van der Waals surface area (Å²) in [5.41, 5.74) is -0.191. The summed E-state index contributed by atoms with van der Waals surface area (Å²) in [5.74, 6) is -5.74. The number of hydrogen-bond acceptors (Lipinski definition) is 8. The van der Waals surface area contributed by atoms with E-state index in [2.05, 4.69) is 24.7 Å². The van der Waals surface area contributed by atoms with E-state index in [1.165, 1.54) is 36.0 Å². The quantitative estimate of drug-likeness (QED) is 0.310. The number of hydrogen-bond donors (Lipinski definition) is 0. The molecule has 0 saturated heterocycles. The second-order valence-corrected chi connectivity index (χ2v) is 9.50. The SMILES string of the molecule is CCS(=O)(=O)c1cc(Oc2ccccn2)cnc1-c1ncc2c(OCC(F)(F)C(F)(F)F)nccn12. The maximum atomic E-state index is 13.3. The number of halogens is 5. The van der Waals surface area contributed by atoms with E-state index in [-0.39, 0.29) is 39.3 Å². The molecular weight excluding hydrogens is 513 g/mol. The number of imidazole rings is 1. The second kappa shape index (κ2) is 9.29. The third-order valence-electron chi connectivity index (χ3n) is 4.84. The summed E-state index contributed by atoms with van der Waals surface area (Å²) in [4.78, 5) is 15.7. The summed E-state index contributed by atoms with van der Waals surface area (Å²) in [6, 6.07) is 6.13.